The first-order valence-electron chi connectivity index (χ1n) is 14.8. The minimum absolute atomic E-state index is 0. The molecule has 286 valence electrons. The number of sulfone groups is 1. The largest absolute Gasteiger partial charge is 1.00 e. The van der Waals surface area contributed by atoms with Crippen molar-refractivity contribution in [3.8, 4) is 0 Å². The van der Waals surface area contributed by atoms with Gasteiger partial charge in [-0.05, 0) is 36.4 Å². The molecular weight excluding hydrogens is 869 g/mol. The van der Waals surface area contributed by atoms with Gasteiger partial charge in [0.25, 0.3) is 0 Å². The first kappa shape index (κ1) is 50.9. The fourth-order valence-corrected chi connectivity index (χ4v) is 7.51. The van der Waals surface area contributed by atoms with E-state index >= 15 is 0 Å². The van der Waals surface area contributed by atoms with Crippen LogP contribution in [0.3, 0.4) is 0 Å². The van der Waals surface area contributed by atoms with E-state index in [1.54, 1.807) is 18.2 Å². The number of aromatic nitrogens is 3. The van der Waals surface area contributed by atoms with Crippen molar-refractivity contribution < 1.29 is 145 Å². The Labute approximate surface area is 392 Å². The molecule has 3 N–H and O–H groups in total. The van der Waals surface area contributed by atoms with Crippen LogP contribution in [0.15, 0.2) is 98.9 Å². The zero-order valence-electron chi connectivity index (χ0n) is 30.0. The Morgan fingerprint density at radius 3 is 1.93 bits per heavy atom. The monoisotopic (exact) mass is 892 g/mol. The van der Waals surface area contributed by atoms with E-state index in [0.29, 0.717) is 0 Å². The summed E-state index contributed by atoms with van der Waals surface area (Å²) in [6.45, 7) is -1.34. The number of fused-ring (bicyclic) bond motifs is 1. The number of nitrogens with zero attached hydrogens (tertiary/aromatic N) is 6. The molecule has 0 saturated heterocycles. The number of rotatable bonds is 15. The molecule has 28 heteroatoms. The van der Waals surface area contributed by atoms with Crippen molar-refractivity contribution in [2.75, 3.05) is 40.6 Å². The molecule has 0 spiro atoms. The van der Waals surface area contributed by atoms with Crippen molar-refractivity contribution in [2.24, 2.45) is 10.2 Å². The first-order chi connectivity index (χ1) is 25.2. The zero-order chi connectivity index (χ0) is 39.5. The average Bonchev–Trinajstić information content (AvgIpc) is 3.07. The van der Waals surface area contributed by atoms with Crippen LogP contribution in [0.5, 0.6) is 0 Å². The molecule has 0 saturated carbocycles. The molecule has 0 aliphatic carbocycles. The summed E-state index contributed by atoms with van der Waals surface area (Å²) >= 11 is 0. The van der Waals surface area contributed by atoms with Crippen LogP contribution in [0.4, 0.5) is 44.7 Å². The van der Waals surface area contributed by atoms with Crippen LogP contribution in [-0.4, -0.2) is 86.9 Å². The Morgan fingerprint density at radius 1 is 0.719 bits per heavy atom. The maximum absolute atomic E-state index is 14.9. The zero-order valence-corrected chi connectivity index (χ0v) is 39.3. The number of nitrogens with two attached hydrogens (primary N) is 1. The van der Waals surface area contributed by atoms with Gasteiger partial charge in [-0.3, -0.25) is 4.18 Å². The Morgan fingerprint density at radius 2 is 1.32 bits per heavy atom. The second kappa shape index (κ2) is 20.8. The predicted octanol–water partition coefficient (Wildman–Crippen LogP) is -6.25. The molecule has 0 aliphatic heterocycles. The molecule has 1 heterocycles. The van der Waals surface area contributed by atoms with Crippen LogP contribution in [0, 0.1) is 6.08 Å². The molecule has 5 rings (SSSR count). The number of para-hydroxylation sites is 1. The molecule has 0 fully saturated rings. The van der Waals surface area contributed by atoms with Crippen LogP contribution in [0.2, 0.25) is 0 Å². The number of anilines is 5. The Bertz CT molecular complexity index is 2720. The Kier molecular flexibility index (Phi) is 18.6. The van der Waals surface area contributed by atoms with E-state index in [0.717, 1.165) is 24.3 Å². The minimum Gasteiger partial charge on any atom is -0.744 e. The number of nitrogen functional groups attached to an aromatic ring is 1. The summed E-state index contributed by atoms with van der Waals surface area (Å²) in [5, 5.41) is 10.3. The summed E-state index contributed by atoms with van der Waals surface area (Å²) in [5.74, 6) is -2.42. The van der Waals surface area contributed by atoms with Gasteiger partial charge in [0, 0.05) is 28.7 Å². The third kappa shape index (κ3) is 14.2. The van der Waals surface area contributed by atoms with Crippen LogP contribution in [0.1, 0.15) is 0 Å². The van der Waals surface area contributed by atoms with E-state index in [1.165, 1.54) is 41.3 Å². The van der Waals surface area contributed by atoms with Gasteiger partial charge in [0.05, 0.1) is 33.6 Å². The number of hydrogen-bond donors (Lipinski definition) is 2. The van der Waals surface area contributed by atoms with Gasteiger partial charge >= 0.3 is 94.8 Å². The maximum Gasteiger partial charge on any atom is 1.00 e. The van der Waals surface area contributed by atoms with Gasteiger partial charge in [0.2, 0.25) is 22.3 Å². The van der Waals surface area contributed by atoms with Gasteiger partial charge in [-0.1, -0.05) is 42.5 Å². The number of benzene rings is 4. The quantitative estimate of drug-likeness (QED) is 0.0325. The first-order valence-corrected chi connectivity index (χ1v) is 20.8. The summed E-state index contributed by atoms with van der Waals surface area (Å²) in [6.07, 6.45) is -1.35. The summed E-state index contributed by atoms with van der Waals surface area (Å²) in [6, 6.07) is 17.3. The fraction of sp³-hybridized carbons (Fsp3) is 0.138. The molecule has 0 atom stereocenters. The van der Waals surface area contributed by atoms with Crippen LogP contribution < -0.4 is 105 Å². The molecule has 20 nitrogen and oxygen atoms in total. The van der Waals surface area contributed by atoms with Gasteiger partial charge in [0.1, 0.15) is 31.6 Å². The van der Waals surface area contributed by atoms with Gasteiger partial charge in [0.15, 0.2) is 9.84 Å². The predicted molar refractivity (Wildman–Crippen MR) is 186 cm³/mol. The van der Waals surface area contributed by atoms with Crippen molar-refractivity contribution in [2.45, 2.75) is 9.79 Å². The maximum atomic E-state index is 14.9. The van der Waals surface area contributed by atoms with E-state index in [2.05, 4.69) is 34.7 Å². The molecule has 0 unspecified atom stereocenters. The number of hydrogen-bond acceptors (Lipinski definition) is 20. The topological polar surface area (TPSA) is 320 Å². The van der Waals surface area contributed by atoms with Crippen molar-refractivity contribution >= 4 is 91.6 Å². The van der Waals surface area contributed by atoms with Crippen molar-refractivity contribution in [3.05, 3.63) is 84.9 Å². The van der Waals surface area contributed by atoms with E-state index < -0.39 is 98.6 Å². The normalized spacial score (nSPS) is 12.0. The van der Waals surface area contributed by atoms with Crippen molar-refractivity contribution in [3.63, 3.8) is 0 Å². The second-order valence-corrected chi connectivity index (χ2v) is 16.9. The molecule has 0 radical (unpaired) electrons. The van der Waals surface area contributed by atoms with E-state index in [-0.39, 0.29) is 122 Å². The minimum atomic E-state index is -5.21. The van der Waals surface area contributed by atoms with Gasteiger partial charge in [-0.15, -0.1) is 10.2 Å². The smallest absolute Gasteiger partial charge is 0.744 e. The molecule has 0 amide bonds. The van der Waals surface area contributed by atoms with Crippen LogP contribution >= 0.6 is 0 Å². The number of halogens is 1. The molecule has 0 aliphatic rings. The number of azo groups is 1. The SMILES string of the molecule is Nc1c(N=Nc2cc(Nc3nc(F)nc(N(CCS(=O)(=O)CCOS(=O)(=O)[O-])c4ccccc4)n3)ccc2S(=O)(=O)[O-])cc(S(=O)(=O)[O-])c2ccccc12.[Na+].[Na+].[Na+]. The van der Waals surface area contributed by atoms with Crippen LogP contribution in [-0.2, 0) is 44.7 Å². The molecule has 1 aromatic heterocycles. The molecule has 57 heavy (non-hydrogen) atoms. The average molecular weight is 893 g/mol. The van der Waals surface area contributed by atoms with Gasteiger partial charge < -0.3 is 29.6 Å². The van der Waals surface area contributed by atoms with E-state index in [4.69, 9.17) is 5.73 Å². The summed E-state index contributed by atoms with van der Waals surface area (Å²) < 4.78 is 148. The van der Waals surface area contributed by atoms with Crippen molar-refractivity contribution in [1.29, 1.82) is 0 Å². The Hall–Kier alpha value is -2.28. The van der Waals surface area contributed by atoms with Crippen LogP contribution in [0.25, 0.3) is 10.8 Å². The standard InChI is InChI=1S/C29H27FN8O12S4.3Na/c30-27-33-28(35-29(34-27)38(19-6-2-1-3-7-19)12-14-51(39,40)15-13-50-54(47,48)49)32-18-10-11-24(52(41,42)43)22(16-18)36-37-23-17-25(53(44,45)46)20-8-4-5-9-21(20)26(23)31;;;/h1-11,16-17H,12-15,31H2,(H,41,42,43)(H,44,45,46)(H,47,48,49)(H,32,33,34,35);;;/q;3*+1/p-3. The summed E-state index contributed by atoms with van der Waals surface area (Å²) in [5.41, 5.74) is 5.26. The third-order valence-electron chi connectivity index (χ3n) is 7.20. The van der Waals surface area contributed by atoms with Gasteiger partial charge in [-0.25, -0.2) is 33.7 Å². The molecule has 4 aromatic carbocycles. The van der Waals surface area contributed by atoms with Gasteiger partial charge in [-0.2, -0.15) is 19.3 Å². The van der Waals surface area contributed by atoms with E-state index in [1.807, 2.05) is 0 Å². The number of nitrogens with one attached hydrogen (secondary N) is 1. The second-order valence-electron chi connectivity index (χ2n) is 10.9. The molecular formula is C29H24FN8Na3O12S4. The molecule has 0 bridgehead atoms. The summed E-state index contributed by atoms with van der Waals surface area (Å²) in [4.78, 5) is 11.0. The van der Waals surface area contributed by atoms with E-state index in [9.17, 15) is 51.7 Å². The molecule has 5 aromatic rings. The fourth-order valence-electron chi connectivity index (χ4n) is 4.83. The van der Waals surface area contributed by atoms with Crippen molar-refractivity contribution in [1.82, 2.24) is 15.0 Å². The Balaban J connectivity index is 0.00000374. The summed E-state index contributed by atoms with van der Waals surface area (Å²) in [7, 11) is -19.5. The third-order valence-corrected chi connectivity index (χ3v) is 11.0.